The van der Waals surface area contributed by atoms with E-state index in [1.807, 2.05) is 0 Å². The number of hydrogen-bond donors (Lipinski definition) is 3. The number of unbranched alkanes of at least 4 members (excludes halogenated alkanes) is 9. The van der Waals surface area contributed by atoms with Gasteiger partial charge in [0, 0.05) is 6.54 Å². The summed E-state index contributed by atoms with van der Waals surface area (Å²) in [6.07, 6.45) is 14.0. The van der Waals surface area contributed by atoms with Gasteiger partial charge in [0.1, 0.15) is 0 Å². The summed E-state index contributed by atoms with van der Waals surface area (Å²) in [6, 6.07) is 0. The van der Waals surface area contributed by atoms with Gasteiger partial charge in [-0.2, -0.15) is 0 Å². The predicted molar refractivity (Wildman–Crippen MR) is 108 cm³/mol. The standard InChI is InChI=1S/C16H30O4.C3H6N2.Na.H/c1-2-3-4-5-6-7-8-9-10-11-12-14(16(19)20)13-15(17)18;1-2-5-3-4-1;;/h14H,2-13H2,1H3,(H,17,18)(H,19,20);3H,1-2H2,(H,4,5);;. The summed E-state index contributed by atoms with van der Waals surface area (Å²) >= 11 is 0. The minimum absolute atomic E-state index is 0. The molecule has 1 aliphatic rings. The van der Waals surface area contributed by atoms with Crippen molar-refractivity contribution < 1.29 is 19.8 Å². The maximum absolute atomic E-state index is 10.9. The molecule has 1 aliphatic heterocycles. The number of nitrogens with zero attached hydrogens (tertiary/aromatic N) is 1. The first-order valence-corrected chi connectivity index (χ1v) is 9.74. The number of nitrogens with one attached hydrogen (secondary N) is 1. The normalized spacial score (nSPS) is 13.1. The van der Waals surface area contributed by atoms with Crippen LogP contribution in [0.25, 0.3) is 0 Å². The second kappa shape index (κ2) is 20.7. The SMILES string of the molecule is C1=NCCN1.CCCCCCCCCCCCC(CC(=O)O)C(=O)O.[NaH]. The van der Waals surface area contributed by atoms with Crippen LogP contribution in [0, 0.1) is 5.92 Å². The third-order valence-electron chi connectivity index (χ3n) is 4.24. The Morgan fingerprint density at radius 1 is 1.00 bits per heavy atom. The summed E-state index contributed by atoms with van der Waals surface area (Å²) in [5, 5.41) is 20.5. The molecule has 148 valence electrons. The van der Waals surface area contributed by atoms with Gasteiger partial charge in [0.25, 0.3) is 0 Å². The van der Waals surface area contributed by atoms with Gasteiger partial charge < -0.3 is 15.5 Å². The number of hydrogen-bond acceptors (Lipinski definition) is 4. The average Bonchev–Trinajstić information content (AvgIpc) is 3.14. The van der Waals surface area contributed by atoms with E-state index < -0.39 is 17.9 Å². The number of carbonyl (C=O) groups is 2. The first kappa shape index (κ1) is 27.6. The van der Waals surface area contributed by atoms with E-state index in [1.165, 1.54) is 44.9 Å². The number of carboxylic acids is 2. The number of aliphatic carboxylic acids is 2. The van der Waals surface area contributed by atoms with Crippen LogP contribution in [0.5, 0.6) is 0 Å². The fraction of sp³-hybridized carbons (Fsp3) is 0.842. The summed E-state index contributed by atoms with van der Waals surface area (Å²) in [6.45, 7) is 4.20. The monoisotopic (exact) mass is 380 g/mol. The molecule has 1 heterocycles. The van der Waals surface area contributed by atoms with Crippen molar-refractivity contribution in [3.63, 3.8) is 0 Å². The average molecular weight is 381 g/mol. The van der Waals surface area contributed by atoms with Gasteiger partial charge in [-0.25, -0.2) is 0 Å². The Balaban J connectivity index is 0. The molecule has 1 unspecified atom stereocenters. The number of aliphatic imine (C=N–C) groups is 1. The van der Waals surface area contributed by atoms with Crippen molar-refractivity contribution >= 4 is 47.8 Å². The summed E-state index contributed by atoms with van der Waals surface area (Å²) in [4.78, 5) is 25.2. The van der Waals surface area contributed by atoms with Gasteiger partial charge in [-0.15, -0.1) is 0 Å². The van der Waals surface area contributed by atoms with Crippen LogP contribution in [0.15, 0.2) is 4.99 Å². The van der Waals surface area contributed by atoms with Crippen molar-refractivity contribution in [2.45, 2.75) is 84.0 Å². The van der Waals surface area contributed by atoms with E-state index in [0.29, 0.717) is 6.42 Å². The van der Waals surface area contributed by atoms with E-state index in [1.54, 1.807) is 6.34 Å². The van der Waals surface area contributed by atoms with Crippen LogP contribution in [0.4, 0.5) is 0 Å². The molecule has 6 nitrogen and oxygen atoms in total. The minimum atomic E-state index is -1.02. The summed E-state index contributed by atoms with van der Waals surface area (Å²) in [5.41, 5.74) is 0. The van der Waals surface area contributed by atoms with Crippen LogP contribution in [0.3, 0.4) is 0 Å². The fourth-order valence-electron chi connectivity index (χ4n) is 2.72. The van der Waals surface area contributed by atoms with Crippen LogP contribution in [-0.2, 0) is 9.59 Å². The Labute approximate surface area is 180 Å². The Morgan fingerprint density at radius 3 is 1.88 bits per heavy atom. The Bertz CT molecular complexity index is 373. The van der Waals surface area contributed by atoms with Gasteiger partial charge in [0.2, 0.25) is 0 Å². The van der Waals surface area contributed by atoms with Crippen LogP contribution < -0.4 is 5.32 Å². The van der Waals surface area contributed by atoms with Gasteiger partial charge in [-0.05, 0) is 6.42 Å². The number of carboxylic acid groups (broad SMARTS) is 2. The molecule has 26 heavy (non-hydrogen) atoms. The molecule has 7 heteroatoms. The first-order chi connectivity index (χ1) is 12.1. The zero-order valence-electron chi connectivity index (χ0n) is 15.7. The van der Waals surface area contributed by atoms with Gasteiger partial charge in [-0.3, -0.25) is 14.6 Å². The molecule has 0 aromatic carbocycles. The van der Waals surface area contributed by atoms with Crippen molar-refractivity contribution in [1.29, 1.82) is 0 Å². The molecule has 0 spiro atoms. The quantitative estimate of drug-likeness (QED) is 0.317. The molecule has 0 saturated carbocycles. The Kier molecular flexibility index (Phi) is 22.0. The topological polar surface area (TPSA) is 99.0 Å². The van der Waals surface area contributed by atoms with E-state index >= 15 is 0 Å². The van der Waals surface area contributed by atoms with Crippen LogP contribution in [0.2, 0.25) is 0 Å². The number of rotatable bonds is 14. The predicted octanol–water partition coefficient (Wildman–Crippen LogP) is 3.44. The van der Waals surface area contributed by atoms with Crippen LogP contribution >= 0.6 is 0 Å². The molecule has 1 atom stereocenters. The molecule has 0 amide bonds. The van der Waals surface area contributed by atoms with E-state index in [2.05, 4.69) is 17.2 Å². The first-order valence-electron chi connectivity index (χ1n) is 9.74. The molecule has 0 bridgehead atoms. The van der Waals surface area contributed by atoms with Gasteiger partial charge >= 0.3 is 41.5 Å². The molecule has 1 rings (SSSR count). The molecule has 0 aromatic rings. The van der Waals surface area contributed by atoms with Gasteiger partial charge in [0.05, 0.1) is 25.2 Å². The van der Waals surface area contributed by atoms with E-state index in [0.717, 1.165) is 32.4 Å². The molecule has 3 N–H and O–H groups in total. The Morgan fingerprint density at radius 2 is 1.54 bits per heavy atom. The summed E-state index contributed by atoms with van der Waals surface area (Å²) in [5.74, 6) is -2.73. The molecular weight excluding hydrogens is 343 g/mol. The zero-order chi connectivity index (χ0) is 18.8. The Hall–Kier alpha value is -0.590. The maximum atomic E-state index is 10.9. The van der Waals surface area contributed by atoms with E-state index in [4.69, 9.17) is 10.2 Å². The van der Waals surface area contributed by atoms with Gasteiger partial charge in [0.15, 0.2) is 0 Å². The second-order valence-corrected chi connectivity index (χ2v) is 6.59. The van der Waals surface area contributed by atoms with Crippen molar-refractivity contribution in [1.82, 2.24) is 5.32 Å². The van der Waals surface area contributed by atoms with E-state index in [9.17, 15) is 9.59 Å². The second-order valence-electron chi connectivity index (χ2n) is 6.59. The zero-order valence-corrected chi connectivity index (χ0v) is 15.7. The summed E-state index contributed by atoms with van der Waals surface area (Å²) < 4.78 is 0. The van der Waals surface area contributed by atoms with E-state index in [-0.39, 0.29) is 36.0 Å². The molecular formula is C19H37N2NaO4. The van der Waals surface area contributed by atoms with Crippen molar-refractivity contribution in [2.24, 2.45) is 10.9 Å². The third-order valence-corrected chi connectivity index (χ3v) is 4.24. The molecule has 0 radical (unpaired) electrons. The molecule has 0 aromatic heterocycles. The molecule has 0 aliphatic carbocycles. The van der Waals surface area contributed by atoms with Crippen molar-refractivity contribution in [3.05, 3.63) is 0 Å². The van der Waals surface area contributed by atoms with Crippen molar-refractivity contribution in [3.8, 4) is 0 Å². The van der Waals surface area contributed by atoms with Crippen molar-refractivity contribution in [2.75, 3.05) is 13.1 Å². The van der Waals surface area contributed by atoms with Crippen LogP contribution in [-0.4, -0.2) is 71.1 Å². The fourth-order valence-corrected chi connectivity index (χ4v) is 2.72. The van der Waals surface area contributed by atoms with Crippen LogP contribution in [0.1, 0.15) is 84.0 Å². The molecule has 0 saturated heterocycles. The van der Waals surface area contributed by atoms with Gasteiger partial charge in [-0.1, -0.05) is 71.1 Å². The third kappa shape index (κ3) is 19.7. The summed E-state index contributed by atoms with van der Waals surface area (Å²) in [7, 11) is 0. The molecule has 0 fully saturated rings.